The van der Waals surface area contributed by atoms with Crippen molar-refractivity contribution in [2.75, 3.05) is 12.4 Å². The average Bonchev–Trinajstić information content (AvgIpc) is 3.00. The molecule has 0 aliphatic carbocycles. The van der Waals surface area contributed by atoms with Crippen molar-refractivity contribution in [2.24, 2.45) is 5.73 Å². The SMILES string of the molecule is C[C@H](O)[C@H](NC(=O)[C@H](Cc1ccc2ccccc2c1)NC(=O)[C@@H]1CCCCN1C(=O)[C@H](CCC(=O)O)NC(=O)CCl)C(N)=O. The highest BCUT2D eigenvalue weighted by Gasteiger charge is 2.38. The average molecular weight is 632 g/mol. The molecular weight excluding hydrogens is 594 g/mol. The maximum absolute atomic E-state index is 13.7. The monoisotopic (exact) mass is 631 g/mol. The van der Waals surface area contributed by atoms with Crippen LogP contribution in [0.3, 0.4) is 0 Å². The summed E-state index contributed by atoms with van der Waals surface area (Å²) in [5.41, 5.74) is 6.07. The first-order valence-electron chi connectivity index (χ1n) is 14.3. The molecule has 7 N–H and O–H groups in total. The fourth-order valence-corrected chi connectivity index (χ4v) is 5.27. The molecule has 0 unspecified atom stereocenters. The van der Waals surface area contributed by atoms with Gasteiger partial charge in [0.1, 0.15) is 30.0 Å². The summed E-state index contributed by atoms with van der Waals surface area (Å²) >= 11 is 5.59. The zero-order chi connectivity index (χ0) is 32.4. The fourth-order valence-electron chi connectivity index (χ4n) is 5.19. The van der Waals surface area contributed by atoms with Crippen molar-refractivity contribution >= 4 is 57.9 Å². The van der Waals surface area contributed by atoms with Gasteiger partial charge in [-0.2, -0.15) is 0 Å². The van der Waals surface area contributed by atoms with Crippen molar-refractivity contribution < 1.29 is 39.0 Å². The summed E-state index contributed by atoms with van der Waals surface area (Å²) in [6.07, 6.45) is -0.463. The smallest absolute Gasteiger partial charge is 0.303 e. The van der Waals surface area contributed by atoms with Gasteiger partial charge in [-0.3, -0.25) is 28.8 Å². The minimum absolute atomic E-state index is 0.0153. The first-order valence-corrected chi connectivity index (χ1v) is 14.9. The van der Waals surface area contributed by atoms with E-state index in [0.29, 0.717) is 18.4 Å². The minimum Gasteiger partial charge on any atom is -0.481 e. The topological polar surface area (TPSA) is 208 Å². The number of aliphatic hydroxyl groups excluding tert-OH is 1. The molecular formula is C30H38ClN5O8. The Morgan fingerprint density at radius 3 is 2.34 bits per heavy atom. The van der Waals surface area contributed by atoms with Crippen molar-refractivity contribution in [1.29, 1.82) is 0 Å². The number of piperidine rings is 1. The number of nitrogens with zero attached hydrogens (tertiary/aromatic N) is 1. The van der Waals surface area contributed by atoms with Gasteiger partial charge in [-0.1, -0.05) is 42.5 Å². The van der Waals surface area contributed by atoms with Crippen LogP contribution in [0.4, 0.5) is 0 Å². The Kier molecular flexibility index (Phi) is 12.5. The molecule has 1 saturated heterocycles. The predicted molar refractivity (Wildman–Crippen MR) is 161 cm³/mol. The molecule has 238 valence electrons. The van der Waals surface area contributed by atoms with Crippen LogP contribution < -0.4 is 21.7 Å². The summed E-state index contributed by atoms with van der Waals surface area (Å²) in [5.74, 6) is -5.27. The third-order valence-electron chi connectivity index (χ3n) is 7.46. The van der Waals surface area contributed by atoms with E-state index >= 15 is 0 Å². The van der Waals surface area contributed by atoms with E-state index in [1.807, 2.05) is 36.4 Å². The molecule has 2 aromatic carbocycles. The van der Waals surface area contributed by atoms with E-state index in [0.717, 1.165) is 10.8 Å². The summed E-state index contributed by atoms with van der Waals surface area (Å²) in [4.78, 5) is 77.1. The predicted octanol–water partition coefficient (Wildman–Crippen LogP) is 0.188. The molecule has 5 atom stereocenters. The van der Waals surface area contributed by atoms with E-state index in [9.17, 15) is 33.9 Å². The Labute approximate surface area is 259 Å². The second kappa shape index (κ2) is 16.0. The molecule has 44 heavy (non-hydrogen) atoms. The second-order valence-corrected chi connectivity index (χ2v) is 11.1. The molecule has 0 aromatic heterocycles. The van der Waals surface area contributed by atoms with Crippen molar-refractivity contribution in [3.63, 3.8) is 0 Å². The lowest BCUT2D eigenvalue weighted by atomic mass is 9.97. The fraction of sp³-hybridized carbons (Fsp3) is 0.467. The number of nitrogens with one attached hydrogen (secondary N) is 3. The van der Waals surface area contributed by atoms with Crippen LogP contribution in [0, 0.1) is 0 Å². The number of alkyl halides is 1. The van der Waals surface area contributed by atoms with Gasteiger partial charge >= 0.3 is 5.97 Å². The Bertz CT molecular complexity index is 1390. The first kappa shape index (κ1) is 34.3. The maximum Gasteiger partial charge on any atom is 0.303 e. The normalized spacial score (nSPS) is 17.5. The quantitative estimate of drug-likeness (QED) is 0.158. The van der Waals surface area contributed by atoms with E-state index in [4.69, 9.17) is 22.4 Å². The number of carboxylic acid groups (broad SMARTS) is 1. The molecule has 13 nitrogen and oxygen atoms in total. The van der Waals surface area contributed by atoms with Gasteiger partial charge in [0.25, 0.3) is 0 Å². The number of amides is 5. The molecule has 1 aliphatic rings. The third kappa shape index (κ3) is 9.38. The van der Waals surface area contributed by atoms with Gasteiger partial charge in [-0.05, 0) is 48.9 Å². The number of primary amides is 1. The number of hydrogen-bond donors (Lipinski definition) is 6. The van der Waals surface area contributed by atoms with Crippen LogP contribution in [-0.4, -0.2) is 93.3 Å². The lowest BCUT2D eigenvalue weighted by Gasteiger charge is -2.37. The van der Waals surface area contributed by atoms with E-state index in [1.165, 1.54) is 11.8 Å². The summed E-state index contributed by atoms with van der Waals surface area (Å²) in [5, 5.41) is 28.6. The maximum atomic E-state index is 13.7. The van der Waals surface area contributed by atoms with Crippen molar-refractivity contribution in [1.82, 2.24) is 20.9 Å². The highest BCUT2D eigenvalue weighted by Crippen LogP contribution is 2.21. The Morgan fingerprint density at radius 1 is 1.00 bits per heavy atom. The van der Waals surface area contributed by atoms with Gasteiger partial charge in [0.2, 0.25) is 29.5 Å². The lowest BCUT2D eigenvalue weighted by molar-refractivity contribution is -0.146. The largest absolute Gasteiger partial charge is 0.481 e. The lowest BCUT2D eigenvalue weighted by Crippen LogP contribution is -2.61. The highest BCUT2D eigenvalue weighted by atomic mass is 35.5. The summed E-state index contributed by atoms with van der Waals surface area (Å²) in [6.45, 7) is 1.46. The molecule has 1 fully saturated rings. The number of likely N-dealkylation sites (tertiary alicyclic amines) is 1. The summed E-state index contributed by atoms with van der Waals surface area (Å²) in [6, 6.07) is 8.26. The highest BCUT2D eigenvalue weighted by molar-refractivity contribution is 6.27. The van der Waals surface area contributed by atoms with E-state index in [-0.39, 0.29) is 25.8 Å². The van der Waals surface area contributed by atoms with Gasteiger partial charge < -0.3 is 36.8 Å². The molecule has 14 heteroatoms. The number of carbonyl (C=O) groups excluding carboxylic acids is 5. The zero-order valence-corrected chi connectivity index (χ0v) is 25.1. The van der Waals surface area contributed by atoms with Crippen LogP contribution in [0.5, 0.6) is 0 Å². The Morgan fingerprint density at radius 2 is 1.70 bits per heavy atom. The molecule has 5 amide bonds. The van der Waals surface area contributed by atoms with E-state index < -0.39 is 78.1 Å². The molecule has 0 spiro atoms. The Hall–Kier alpha value is -4.23. The zero-order valence-electron chi connectivity index (χ0n) is 24.3. The van der Waals surface area contributed by atoms with Crippen LogP contribution in [0.25, 0.3) is 10.8 Å². The van der Waals surface area contributed by atoms with E-state index in [1.54, 1.807) is 6.07 Å². The molecule has 1 heterocycles. The number of aliphatic hydroxyl groups is 1. The number of carboxylic acids is 1. The van der Waals surface area contributed by atoms with Crippen molar-refractivity contribution in [3.8, 4) is 0 Å². The number of hydrogen-bond acceptors (Lipinski definition) is 7. The number of benzene rings is 2. The van der Waals surface area contributed by atoms with Gasteiger partial charge in [0.15, 0.2) is 0 Å². The summed E-state index contributed by atoms with van der Waals surface area (Å²) < 4.78 is 0. The molecule has 1 aliphatic heterocycles. The number of carbonyl (C=O) groups is 6. The molecule has 3 rings (SSSR count). The second-order valence-electron chi connectivity index (χ2n) is 10.8. The standard InChI is InChI=1S/C30H38ClN5O8/c1-17(37)26(27(32)41)35-28(42)22(15-18-9-10-19-6-2-3-7-20(19)14-18)34-29(43)23-8-4-5-13-36(23)30(44)21(11-12-25(39)40)33-24(38)16-31/h2-3,6-7,9-10,14,17,21-23,26,37H,4-5,8,11-13,15-16H2,1H3,(H2,32,41)(H,33,38)(H,34,43)(H,35,42)(H,39,40)/t17-,21-,22-,23-,26-/m0/s1. The number of aliphatic carboxylic acids is 1. The van der Waals surface area contributed by atoms with Crippen LogP contribution in [0.15, 0.2) is 42.5 Å². The molecule has 0 bridgehead atoms. The molecule has 0 radical (unpaired) electrons. The van der Waals surface area contributed by atoms with Crippen LogP contribution in [0.1, 0.15) is 44.6 Å². The van der Waals surface area contributed by atoms with Crippen LogP contribution >= 0.6 is 11.6 Å². The number of fused-ring (bicyclic) bond motifs is 1. The van der Waals surface area contributed by atoms with Gasteiger partial charge in [-0.25, -0.2) is 0 Å². The first-order chi connectivity index (χ1) is 20.9. The number of rotatable bonds is 14. The van der Waals surface area contributed by atoms with Gasteiger partial charge in [0.05, 0.1) is 6.10 Å². The molecule has 0 saturated carbocycles. The number of halogens is 1. The minimum atomic E-state index is -1.41. The number of nitrogens with two attached hydrogens (primary N) is 1. The van der Waals surface area contributed by atoms with Gasteiger partial charge in [-0.15, -0.1) is 11.6 Å². The summed E-state index contributed by atoms with van der Waals surface area (Å²) in [7, 11) is 0. The Balaban J connectivity index is 1.87. The molecule has 2 aromatic rings. The van der Waals surface area contributed by atoms with Crippen LogP contribution in [-0.2, 0) is 35.2 Å². The van der Waals surface area contributed by atoms with Crippen molar-refractivity contribution in [2.45, 2.75) is 75.7 Å². The van der Waals surface area contributed by atoms with E-state index in [2.05, 4.69) is 16.0 Å². The van der Waals surface area contributed by atoms with Crippen LogP contribution in [0.2, 0.25) is 0 Å². The van der Waals surface area contributed by atoms with Crippen molar-refractivity contribution in [3.05, 3.63) is 48.0 Å². The van der Waals surface area contributed by atoms with Gasteiger partial charge in [0, 0.05) is 19.4 Å². The third-order valence-corrected chi connectivity index (χ3v) is 7.71.